The average molecular weight is 327 g/mol. The van der Waals surface area contributed by atoms with Gasteiger partial charge < -0.3 is 5.32 Å². The molecule has 0 bridgehead atoms. The van der Waals surface area contributed by atoms with E-state index in [0.29, 0.717) is 5.92 Å². The fraction of sp³-hybridized carbons (Fsp3) is 0.450. The van der Waals surface area contributed by atoms with Crippen LogP contribution < -0.4 is 5.32 Å². The van der Waals surface area contributed by atoms with E-state index in [1.807, 2.05) is 0 Å². The zero-order valence-corrected chi connectivity index (χ0v) is 15.2. The number of thiophene rings is 1. The van der Waals surface area contributed by atoms with Crippen LogP contribution in [0.3, 0.4) is 0 Å². The van der Waals surface area contributed by atoms with Crippen LogP contribution >= 0.6 is 11.3 Å². The summed E-state index contributed by atoms with van der Waals surface area (Å²) in [5, 5.41) is 3.17. The highest BCUT2D eigenvalue weighted by atomic mass is 32.1. The largest absolute Gasteiger partial charge is 0.321 e. The number of nitrogens with one attached hydrogen (secondary N) is 1. The van der Waals surface area contributed by atoms with E-state index in [1.165, 1.54) is 22.4 Å². The molecule has 2 nitrogen and oxygen atoms in total. The molecule has 0 saturated carbocycles. The predicted octanol–water partition coefficient (Wildman–Crippen LogP) is 5.56. The zero-order chi connectivity index (χ0) is 16.6. The van der Waals surface area contributed by atoms with Gasteiger partial charge in [-0.05, 0) is 60.8 Å². The number of carbonyl (C=O) groups excluding carboxylic acids is 1. The number of hydrogen-bond donors (Lipinski definition) is 1. The second kappa shape index (κ2) is 6.48. The average Bonchev–Trinajstić information content (AvgIpc) is 2.92. The Balaban J connectivity index is 1.86. The van der Waals surface area contributed by atoms with Crippen LogP contribution in [0.1, 0.15) is 64.3 Å². The molecule has 1 aliphatic rings. The van der Waals surface area contributed by atoms with Crippen molar-refractivity contribution < 1.29 is 4.79 Å². The van der Waals surface area contributed by atoms with Crippen LogP contribution in [0.2, 0.25) is 0 Å². The first-order chi connectivity index (χ1) is 11.0. The van der Waals surface area contributed by atoms with Gasteiger partial charge in [0.2, 0.25) is 0 Å². The summed E-state index contributed by atoms with van der Waals surface area (Å²) >= 11 is 1.67. The van der Waals surface area contributed by atoms with Crippen LogP contribution in [0.25, 0.3) is 0 Å². The van der Waals surface area contributed by atoms with Crippen LogP contribution in [0, 0.1) is 12.8 Å². The van der Waals surface area contributed by atoms with Gasteiger partial charge in [0, 0.05) is 10.6 Å². The minimum Gasteiger partial charge on any atom is -0.321 e. The molecule has 0 radical (unpaired) electrons. The van der Waals surface area contributed by atoms with Gasteiger partial charge in [0.25, 0.3) is 5.91 Å². The molecule has 1 aromatic heterocycles. The molecule has 1 unspecified atom stereocenters. The number of anilines is 1. The molecule has 23 heavy (non-hydrogen) atoms. The zero-order valence-electron chi connectivity index (χ0n) is 14.4. The number of fused-ring (bicyclic) bond motifs is 1. The molecule has 2 aromatic rings. The number of benzene rings is 1. The second-order valence-corrected chi connectivity index (χ2v) is 8.19. The highest BCUT2D eigenvalue weighted by molar-refractivity contribution is 7.14. The van der Waals surface area contributed by atoms with Gasteiger partial charge in [-0.15, -0.1) is 11.3 Å². The number of amides is 1. The van der Waals surface area contributed by atoms with E-state index in [4.69, 9.17) is 0 Å². The van der Waals surface area contributed by atoms with E-state index < -0.39 is 0 Å². The number of aryl methyl sites for hydroxylation is 2. The molecule has 0 saturated heterocycles. The van der Waals surface area contributed by atoms with E-state index in [2.05, 4.69) is 57.3 Å². The van der Waals surface area contributed by atoms with Crippen LogP contribution in [-0.2, 0) is 12.8 Å². The number of rotatable bonds is 3. The summed E-state index contributed by atoms with van der Waals surface area (Å²) in [6.45, 7) is 8.68. The lowest BCUT2D eigenvalue weighted by Crippen LogP contribution is -2.13. The third-order valence-corrected chi connectivity index (χ3v) is 5.95. The minimum absolute atomic E-state index is 0.0354. The summed E-state index contributed by atoms with van der Waals surface area (Å²) in [5.41, 5.74) is 4.69. The van der Waals surface area contributed by atoms with Gasteiger partial charge in [-0.1, -0.05) is 39.0 Å². The summed E-state index contributed by atoms with van der Waals surface area (Å²) in [5.74, 6) is 1.16. The van der Waals surface area contributed by atoms with Crippen molar-refractivity contribution >= 4 is 22.9 Å². The Hall–Kier alpha value is -1.61. The van der Waals surface area contributed by atoms with E-state index in [-0.39, 0.29) is 5.91 Å². The fourth-order valence-corrected chi connectivity index (χ4v) is 4.44. The second-order valence-electron chi connectivity index (χ2n) is 7.05. The lowest BCUT2D eigenvalue weighted by atomic mass is 9.90. The standard InChI is InChI=1S/C20H25NOS/c1-12(2)16-7-5-6-14(4)19(16)21-20(22)18-11-15-10-13(3)8-9-17(15)23-18/h5-7,11-13H,8-10H2,1-4H3,(H,21,22). The molecule has 0 aliphatic heterocycles. The third kappa shape index (κ3) is 3.35. The van der Waals surface area contributed by atoms with Crippen molar-refractivity contribution in [3.05, 3.63) is 50.7 Å². The molecule has 1 aliphatic carbocycles. The maximum Gasteiger partial charge on any atom is 0.265 e. The van der Waals surface area contributed by atoms with Gasteiger partial charge in [-0.3, -0.25) is 4.79 Å². The van der Waals surface area contributed by atoms with Crippen LogP contribution in [-0.4, -0.2) is 5.91 Å². The Bertz CT molecular complexity index is 729. The first-order valence-corrected chi connectivity index (χ1v) is 9.29. The maximum atomic E-state index is 12.7. The van der Waals surface area contributed by atoms with Crippen molar-refractivity contribution in [1.29, 1.82) is 0 Å². The first kappa shape index (κ1) is 16.3. The van der Waals surface area contributed by atoms with Gasteiger partial charge in [0.15, 0.2) is 0 Å². The monoisotopic (exact) mass is 327 g/mol. The van der Waals surface area contributed by atoms with Crippen LogP contribution in [0.5, 0.6) is 0 Å². The first-order valence-electron chi connectivity index (χ1n) is 8.48. The minimum atomic E-state index is 0.0354. The molecule has 1 atom stereocenters. The molecule has 0 fully saturated rings. The lowest BCUT2D eigenvalue weighted by Gasteiger charge is -2.16. The van der Waals surface area contributed by atoms with Gasteiger partial charge in [-0.2, -0.15) is 0 Å². The topological polar surface area (TPSA) is 29.1 Å². The highest BCUT2D eigenvalue weighted by Crippen LogP contribution is 2.33. The van der Waals surface area contributed by atoms with Gasteiger partial charge >= 0.3 is 0 Å². The molecule has 1 heterocycles. The molecule has 3 heteroatoms. The lowest BCUT2D eigenvalue weighted by molar-refractivity contribution is 0.103. The predicted molar refractivity (Wildman–Crippen MR) is 98.7 cm³/mol. The molecule has 0 spiro atoms. The summed E-state index contributed by atoms with van der Waals surface area (Å²) in [7, 11) is 0. The van der Waals surface area contributed by atoms with Gasteiger partial charge in [-0.25, -0.2) is 0 Å². The molecule has 1 N–H and O–H groups in total. The van der Waals surface area contributed by atoms with Gasteiger partial charge in [0.05, 0.1) is 4.88 Å². The quantitative estimate of drug-likeness (QED) is 0.786. The van der Waals surface area contributed by atoms with Crippen molar-refractivity contribution in [2.24, 2.45) is 5.92 Å². The van der Waals surface area contributed by atoms with Crippen LogP contribution in [0.15, 0.2) is 24.3 Å². The number of para-hydroxylation sites is 1. The Morgan fingerprint density at radius 3 is 2.87 bits per heavy atom. The summed E-state index contributed by atoms with van der Waals surface area (Å²) in [6.07, 6.45) is 3.47. The van der Waals surface area contributed by atoms with E-state index in [9.17, 15) is 4.79 Å². The van der Waals surface area contributed by atoms with Crippen molar-refractivity contribution in [2.45, 2.75) is 52.9 Å². The summed E-state index contributed by atoms with van der Waals surface area (Å²) in [6, 6.07) is 8.33. The normalized spacial score (nSPS) is 17.2. The van der Waals surface area contributed by atoms with Crippen LogP contribution in [0.4, 0.5) is 5.69 Å². The Morgan fingerprint density at radius 1 is 1.35 bits per heavy atom. The van der Waals surface area contributed by atoms with E-state index in [1.54, 1.807) is 11.3 Å². The van der Waals surface area contributed by atoms with Crippen molar-refractivity contribution in [3.63, 3.8) is 0 Å². The number of hydrogen-bond acceptors (Lipinski definition) is 2. The van der Waals surface area contributed by atoms with Crippen molar-refractivity contribution in [1.82, 2.24) is 0 Å². The highest BCUT2D eigenvalue weighted by Gasteiger charge is 2.21. The smallest absolute Gasteiger partial charge is 0.265 e. The summed E-state index contributed by atoms with van der Waals surface area (Å²) < 4.78 is 0. The van der Waals surface area contributed by atoms with E-state index >= 15 is 0 Å². The maximum absolute atomic E-state index is 12.7. The molecule has 122 valence electrons. The number of carbonyl (C=O) groups is 1. The molecular formula is C20H25NOS. The Morgan fingerprint density at radius 2 is 2.13 bits per heavy atom. The fourth-order valence-electron chi connectivity index (χ4n) is 3.34. The van der Waals surface area contributed by atoms with E-state index in [0.717, 1.165) is 34.9 Å². The Kier molecular flexibility index (Phi) is 4.58. The van der Waals surface area contributed by atoms with Crippen molar-refractivity contribution in [2.75, 3.05) is 5.32 Å². The Labute approximate surface area is 142 Å². The van der Waals surface area contributed by atoms with Gasteiger partial charge in [0.1, 0.15) is 0 Å². The molecule has 3 rings (SSSR count). The van der Waals surface area contributed by atoms with Crippen molar-refractivity contribution in [3.8, 4) is 0 Å². The summed E-state index contributed by atoms with van der Waals surface area (Å²) in [4.78, 5) is 15.0. The molecular weight excluding hydrogens is 302 g/mol. The molecule has 1 aromatic carbocycles. The SMILES string of the molecule is Cc1cccc(C(C)C)c1NC(=O)c1cc2c(s1)CCC(C)C2. The molecule has 1 amide bonds. The third-order valence-electron chi connectivity index (χ3n) is 4.72.